The monoisotopic (exact) mass is 409 g/mol. The summed E-state index contributed by atoms with van der Waals surface area (Å²) in [5.41, 5.74) is 6.72. The molecule has 0 aromatic heterocycles. The van der Waals surface area contributed by atoms with Gasteiger partial charge in [0.1, 0.15) is 5.82 Å². The molecule has 3 N–H and O–H groups in total. The first-order valence-corrected chi connectivity index (χ1v) is 9.58. The molecular formula is C22H26Cl2FNO. The molecular weight excluding hydrogens is 384 g/mol. The Labute approximate surface area is 170 Å². The molecule has 27 heavy (non-hydrogen) atoms. The van der Waals surface area contributed by atoms with E-state index >= 15 is 0 Å². The smallest absolute Gasteiger partial charge is 0.128 e. The number of rotatable bonds is 6. The number of aliphatic hydroxyl groups is 1. The Morgan fingerprint density at radius 3 is 2.19 bits per heavy atom. The van der Waals surface area contributed by atoms with E-state index in [0.29, 0.717) is 5.02 Å². The minimum absolute atomic E-state index is 0.0273. The normalized spacial score (nSPS) is 15.3. The van der Waals surface area contributed by atoms with Gasteiger partial charge >= 0.3 is 0 Å². The molecule has 146 valence electrons. The van der Waals surface area contributed by atoms with Gasteiger partial charge in [0.15, 0.2) is 0 Å². The molecule has 2 nitrogen and oxygen atoms in total. The summed E-state index contributed by atoms with van der Waals surface area (Å²) in [5, 5.41) is 12.7. The third-order valence-corrected chi connectivity index (χ3v) is 6.19. The zero-order chi connectivity index (χ0) is 20.4. The van der Waals surface area contributed by atoms with Crippen LogP contribution in [0.1, 0.15) is 38.8 Å². The van der Waals surface area contributed by atoms with Gasteiger partial charge in [0.05, 0.1) is 5.60 Å². The SMILES string of the molecule is CC(=C(C)C(O)(Cc1c(F)cccc1Cl)C(C)(C)CN)c1ccc(Cl)cc1. The lowest BCUT2D eigenvalue weighted by Gasteiger charge is -2.44. The van der Waals surface area contributed by atoms with E-state index in [1.54, 1.807) is 24.3 Å². The second kappa shape index (κ2) is 8.32. The van der Waals surface area contributed by atoms with Crippen molar-refractivity contribution in [2.75, 3.05) is 6.54 Å². The van der Waals surface area contributed by atoms with Gasteiger partial charge in [-0.2, -0.15) is 0 Å². The second-order valence-corrected chi connectivity index (χ2v) is 8.43. The van der Waals surface area contributed by atoms with Crippen molar-refractivity contribution in [2.24, 2.45) is 11.1 Å². The van der Waals surface area contributed by atoms with E-state index in [9.17, 15) is 9.50 Å². The van der Waals surface area contributed by atoms with Crippen LogP contribution in [-0.4, -0.2) is 17.3 Å². The third-order valence-electron chi connectivity index (χ3n) is 5.58. The standard InChI is InChI=1S/C22H26Cl2FNO/c1-14(16-8-10-17(23)11-9-16)15(2)22(27,21(3,4)13-26)12-18-19(24)6-5-7-20(18)25/h5-11,27H,12-13,26H2,1-4H3. The van der Waals surface area contributed by atoms with E-state index in [1.165, 1.54) is 6.07 Å². The summed E-state index contributed by atoms with van der Waals surface area (Å²) < 4.78 is 14.4. The van der Waals surface area contributed by atoms with Crippen molar-refractivity contribution in [1.82, 2.24) is 0 Å². The van der Waals surface area contributed by atoms with Crippen LogP contribution in [0.15, 0.2) is 48.0 Å². The Morgan fingerprint density at radius 1 is 1.07 bits per heavy atom. The Bertz CT molecular complexity index is 826. The molecule has 2 aromatic rings. The molecule has 5 heteroatoms. The molecule has 0 aliphatic heterocycles. The van der Waals surface area contributed by atoms with Crippen molar-refractivity contribution in [1.29, 1.82) is 0 Å². The van der Waals surface area contributed by atoms with Gasteiger partial charge in [-0.25, -0.2) is 4.39 Å². The highest BCUT2D eigenvalue weighted by Gasteiger charge is 2.45. The maximum atomic E-state index is 14.4. The molecule has 0 radical (unpaired) electrons. The summed E-state index contributed by atoms with van der Waals surface area (Å²) >= 11 is 12.2. The molecule has 0 bridgehead atoms. The lowest BCUT2D eigenvalue weighted by Crippen LogP contribution is -2.52. The average molecular weight is 410 g/mol. The number of hydrogen-bond acceptors (Lipinski definition) is 2. The van der Waals surface area contributed by atoms with Crippen LogP contribution in [0.4, 0.5) is 4.39 Å². The molecule has 0 spiro atoms. The lowest BCUT2D eigenvalue weighted by atomic mass is 9.66. The van der Waals surface area contributed by atoms with Gasteiger partial charge in [-0.3, -0.25) is 0 Å². The van der Waals surface area contributed by atoms with E-state index in [2.05, 4.69) is 0 Å². The summed E-state index contributed by atoms with van der Waals surface area (Å²) in [6.45, 7) is 7.76. The zero-order valence-corrected chi connectivity index (χ0v) is 17.6. The number of hydrogen-bond donors (Lipinski definition) is 2. The van der Waals surface area contributed by atoms with Crippen LogP contribution in [0.5, 0.6) is 0 Å². The molecule has 0 fully saturated rings. The highest BCUT2D eigenvalue weighted by molar-refractivity contribution is 6.31. The van der Waals surface area contributed by atoms with Crippen LogP contribution >= 0.6 is 23.2 Å². The average Bonchev–Trinajstić information content (AvgIpc) is 2.64. The van der Waals surface area contributed by atoms with Gasteiger partial charge in [0, 0.05) is 34.0 Å². The van der Waals surface area contributed by atoms with Crippen molar-refractivity contribution >= 4 is 28.8 Å². The third kappa shape index (κ3) is 4.38. The first kappa shape index (κ1) is 21.9. The molecule has 0 aliphatic rings. The van der Waals surface area contributed by atoms with E-state index in [0.717, 1.165) is 16.7 Å². The van der Waals surface area contributed by atoms with Gasteiger partial charge in [0.2, 0.25) is 0 Å². The highest BCUT2D eigenvalue weighted by atomic mass is 35.5. The summed E-state index contributed by atoms with van der Waals surface area (Å²) in [4.78, 5) is 0. The van der Waals surface area contributed by atoms with Crippen LogP contribution in [-0.2, 0) is 6.42 Å². The topological polar surface area (TPSA) is 46.2 Å². The minimum Gasteiger partial charge on any atom is -0.385 e. The van der Waals surface area contributed by atoms with Crippen LogP contribution in [0.25, 0.3) is 5.57 Å². The van der Waals surface area contributed by atoms with E-state index < -0.39 is 16.8 Å². The predicted octanol–water partition coefficient (Wildman–Crippen LogP) is 5.88. The van der Waals surface area contributed by atoms with Crippen molar-refractivity contribution in [3.05, 3.63) is 75.0 Å². The van der Waals surface area contributed by atoms with E-state index in [1.807, 2.05) is 39.8 Å². The lowest BCUT2D eigenvalue weighted by molar-refractivity contribution is -0.0292. The van der Waals surface area contributed by atoms with Crippen molar-refractivity contribution in [2.45, 2.75) is 39.7 Å². The Balaban J connectivity index is 2.63. The summed E-state index contributed by atoms with van der Waals surface area (Å²) in [5.74, 6) is -0.439. The molecule has 0 heterocycles. The molecule has 0 saturated carbocycles. The fourth-order valence-corrected chi connectivity index (χ4v) is 3.59. The molecule has 0 amide bonds. The minimum atomic E-state index is -1.39. The molecule has 1 unspecified atom stereocenters. The van der Waals surface area contributed by atoms with Crippen molar-refractivity contribution < 1.29 is 9.50 Å². The van der Waals surface area contributed by atoms with Crippen molar-refractivity contribution in [3.63, 3.8) is 0 Å². The second-order valence-electron chi connectivity index (χ2n) is 7.58. The largest absolute Gasteiger partial charge is 0.385 e. The molecule has 0 saturated heterocycles. The first-order valence-electron chi connectivity index (χ1n) is 8.82. The fraction of sp³-hybridized carbons (Fsp3) is 0.364. The summed E-state index contributed by atoms with van der Waals surface area (Å²) in [7, 11) is 0. The van der Waals surface area contributed by atoms with Crippen LogP contribution in [0, 0.1) is 11.2 Å². The van der Waals surface area contributed by atoms with E-state index in [-0.39, 0.29) is 23.6 Å². The molecule has 2 rings (SSSR count). The maximum absolute atomic E-state index is 14.4. The Hall–Kier alpha value is -1.39. The number of allylic oxidation sites excluding steroid dienone is 1. The fourth-order valence-electron chi connectivity index (χ4n) is 3.23. The first-order chi connectivity index (χ1) is 12.5. The molecule has 1 atom stereocenters. The Kier molecular flexibility index (Phi) is 6.75. The number of nitrogens with two attached hydrogens (primary N) is 1. The van der Waals surface area contributed by atoms with Gasteiger partial charge in [0.25, 0.3) is 0 Å². The van der Waals surface area contributed by atoms with E-state index in [4.69, 9.17) is 28.9 Å². The zero-order valence-electron chi connectivity index (χ0n) is 16.1. The predicted molar refractivity (Wildman–Crippen MR) is 113 cm³/mol. The quantitative estimate of drug-likeness (QED) is 0.624. The van der Waals surface area contributed by atoms with Gasteiger partial charge in [-0.1, -0.05) is 55.2 Å². The molecule has 0 aliphatic carbocycles. The van der Waals surface area contributed by atoms with Crippen molar-refractivity contribution in [3.8, 4) is 0 Å². The van der Waals surface area contributed by atoms with Gasteiger partial charge in [-0.15, -0.1) is 0 Å². The summed E-state index contributed by atoms with van der Waals surface area (Å²) in [6, 6.07) is 11.9. The van der Waals surface area contributed by atoms with Gasteiger partial charge < -0.3 is 10.8 Å². The maximum Gasteiger partial charge on any atom is 0.128 e. The summed E-state index contributed by atoms with van der Waals surface area (Å²) in [6.07, 6.45) is 0.0273. The highest BCUT2D eigenvalue weighted by Crippen LogP contribution is 2.43. The van der Waals surface area contributed by atoms with Gasteiger partial charge in [-0.05, 0) is 54.8 Å². The Morgan fingerprint density at radius 2 is 1.67 bits per heavy atom. The molecule has 2 aromatic carbocycles. The van der Waals surface area contributed by atoms with Crippen LogP contribution < -0.4 is 5.73 Å². The van der Waals surface area contributed by atoms with Crippen LogP contribution in [0.2, 0.25) is 10.0 Å². The number of benzene rings is 2. The number of halogens is 3. The van der Waals surface area contributed by atoms with Crippen LogP contribution in [0.3, 0.4) is 0 Å².